The van der Waals surface area contributed by atoms with Crippen molar-refractivity contribution < 1.29 is 0 Å². The topological polar surface area (TPSA) is 50.4 Å². The van der Waals surface area contributed by atoms with Crippen LogP contribution in [0.15, 0.2) is 33.7 Å². The summed E-state index contributed by atoms with van der Waals surface area (Å²) in [6.45, 7) is 5.06. The molecule has 1 saturated carbocycles. The molecule has 0 aliphatic heterocycles. The quantitative estimate of drug-likeness (QED) is 0.430. The highest BCUT2D eigenvalue weighted by Gasteiger charge is 2.38. The second-order valence-corrected chi connectivity index (χ2v) is 6.18. The molecule has 0 heterocycles. The molecule has 3 nitrogen and oxygen atoms in total. The van der Waals surface area contributed by atoms with Gasteiger partial charge in [-0.05, 0) is 30.0 Å². The molecule has 2 rings (SSSR count). The maximum Gasteiger partial charge on any atom is 0.188 e. The first-order valence-electron chi connectivity index (χ1n) is 6.38. The minimum atomic E-state index is 0. The van der Waals surface area contributed by atoms with Crippen molar-refractivity contribution in [2.75, 3.05) is 6.54 Å². The Bertz CT molecular complexity index is 431. The molecule has 106 valence electrons. The van der Waals surface area contributed by atoms with Gasteiger partial charge >= 0.3 is 0 Å². The van der Waals surface area contributed by atoms with Crippen molar-refractivity contribution in [3.05, 3.63) is 34.3 Å². The Balaban J connectivity index is 0.00000180. The predicted octanol–water partition coefficient (Wildman–Crippen LogP) is 3.48. The number of nitrogens with two attached hydrogens (primary N) is 1. The fourth-order valence-corrected chi connectivity index (χ4v) is 2.21. The van der Waals surface area contributed by atoms with E-state index in [4.69, 9.17) is 5.73 Å². The number of halogens is 2. The summed E-state index contributed by atoms with van der Waals surface area (Å²) in [5.41, 5.74) is 7.23. The molecule has 0 amide bonds. The Morgan fingerprint density at radius 1 is 1.42 bits per heavy atom. The summed E-state index contributed by atoms with van der Waals surface area (Å²) in [5.74, 6) is 1.70. The molecule has 0 saturated heterocycles. The normalized spacial score (nSPS) is 22.0. The summed E-state index contributed by atoms with van der Waals surface area (Å²) in [6, 6.07) is 8.94. The molecule has 1 aliphatic rings. The minimum Gasteiger partial charge on any atom is -0.370 e. The Hall–Kier alpha value is -0.300. The number of guanidine groups is 1. The standard InChI is InChI=1S/C14H20BrN3.HI/c1-9(2)8-17-14(16)18-13-7-12(13)10-3-5-11(15)6-4-10;/h3-6,9,12-13H,7-8H2,1-2H3,(H3,16,17,18);1H. The Morgan fingerprint density at radius 3 is 2.63 bits per heavy atom. The molecule has 3 N–H and O–H groups in total. The first-order chi connectivity index (χ1) is 8.56. The summed E-state index contributed by atoms with van der Waals surface area (Å²) < 4.78 is 1.12. The van der Waals surface area contributed by atoms with Crippen LogP contribution >= 0.6 is 39.9 Å². The first kappa shape index (κ1) is 16.8. The van der Waals surface area contributed by atoms with Crippen LogP contribution in [0.3, 0.4) is 0 Å². The highest BCUT2D eigenvalue weighted by atomic mass is 127. The Morgan fingerprint density at radius 2 is 2.05 bits per heavy atom. The lowest BCUT2D eigenvalue weighted by Crippen LogP contribution is -2.34. The van der Waals surface area contributed by atoms with Crippen LogP contribution in [0, 0.1) is 5.92 Å². The number of benzene rings is 1. The summed E-state index contributed by atoms with van der Waals surface area (Å²) in [4.78, 5) is 4.32. The van der Waals surface area contributed by atoms with E-state index in [0.717, 1.165) is 17.4 Å². The van der Waals surface area contributed by atoms with Crippen molar-refractivity contribution in [1.29, 1.82) is 0 Å². The average Bonchev–Trinajstić information content (AvgIpc) is 3.07. The molecular formula is C14H21BrIN3. The van der Waals surface area contributed by atoms with Gasteiger partial charge in [0.1, 0.15) is 0 Å². The number of rotatable bonds is 4. The fourth-order valence-electron chi connectivity index (χ4n) is 1.95. The molecule has 0 bridgehead atoms. The van der Waals surface area contributed by atoms with E-state index < -0.39 is 0 Å². The third-order valence-electron chi connectivity index (χ3n) is 3.05. The zero-order valence-electron chi connectivity index (χ0n) is 11.3. The van der Waals surface area contributed by atoms with Crippen LogP contribution in [0.5, 0.6) is 0 Å². The van der Waals surface area contributed by atoms with E-state index in [0.29, 0.717) is 23.8 Å². The van der Waals surface area contributed by atoms with Gasteiger partial charge in [0.05, 0.1) is 0 Å². The zero-order chi connectivity index (χ0) is 13.1. The van der Waals surface area contributed by atoms with Crippen LogP contribution in [0.2, 0.25) is 0 Å². The molecule has 1 fully saturated rings. The molecule has 1 aromatic carbocycles. The lowest BCUT2D eigenvalue weighted by Gasteiger charge is -2.06. The summed E-state index contributed by atoms with van der Waals surface area (Å²) >= 11 is 3.45. The molecule has 1 aromatic rings. The number of hydrogen-bond acceptors (Lipinski definition) is 1. The van der Waals surface area contributed by atoms with E-state index >= 15 is 0 Å². The molecule has 5 heteroatoms. The van der Waals surface area contributed by atoms with Crippen LogP contribution in [-0.4, -0.2) is 18.5 Å². The largest absolute Gasteiger partial charge is 0.370 e. The van der Waals surface area contributed by atoms with Crippen molar-refractivity contribution in [2.24, 2.45) is 16.6 Å². The van der Waals surface area contributed by atoms with Gasteiger partial charge in [-0.25, -0.2) is 0 Å². The molecule has 1 aliphatic carbocycles. The third-order valence-corrected chi connectivity index (χ3v) is 3.58. The van der Waals surface area contributed by atoms with Gasteiger partial charge < -0.3 is 11.1 Å². The van der Waals surface area contributed by atoms with Gasteiger partial charge in [-0.2, -0.15) is 0 Å². The lowest BCUT2D eigenvalue weighted by atomic mass is 10.1. The fraction of sp³-hybridized carbons (Fsp3) is 0.500. The summed E-state index contributed by atoms with van der Waals surface area (Å²) in [5, 5.41) is 3.29. The zero-order valence-corrected chi connectivity index (χ0v) is 15.2. The van der Waals surface area contributed by atoms with Crippen molar-refractivity contribution in [2.45, 2.75) is 32.2 Å². The first-order valence-corrected chi connectivity index (χ1v) is 7.17. The molecule has 0 spiro atoms. The Kier molecular flexibility index (Phi) is 6.59. The molecule has 0 aromatic heterocycles. The molecule has 2 atom stereocenters. The van der Waals surface area contributed by atoms with Gasteiger partial charge in [-0.1, -0.05) is 41.9 Å². The third kappa shape index (κ3) is 5.30. The van der Waals surface area contributed by atoms with Gasteiger partial charge in [-0.15, -0.1) is 24.0 Å². The molecule has 0 radical (unpaired) electrons. The average molecular weight is 438 g/mol. The molecule has 2 unspecified atom stereocenters. The minimum absolute atomic E-state index is 0. The van der Waals surface area contributed by atoms with Gasteiger partial charge in [0.25, 0.3) is 0 Å². The van der Waals surface area contributed by atoms with E-state index in [1.54, 1.807) is 0 Å². The van der Waals surface area contributed by atoms with Crippen LogP contribution in [0.1, 0.15) is 31.7 Å². The summed E-state index contributed by atoms with van der Waals surface area (Å²) in [6.07, 6.45) is 1.14. The highest BCUT2D eigenvalue weighted by Crippen LogP contribution is 2.40. The molecule has 19 heavy (non-hydrogen) atoms. The smallest absolute Gasteiger partial charge is 0.188 e. The maximum absolute atomic E-state index is 5.86. The van der Waals surface area contributed by atoms with Crippen molar-refractivity contribution in [3.63, 3.8) is 0 Å². The van der Waals surface area contributed by atoms with Crippen LogP contribution < -0.4 is 11.1 Å². The second kappa shape index (κ2) is 7.47. The lowest BCUT2D eigenvalue weighted by molar-refractivity contribution is 0.660. The predicted molar refractivity (Wildman–Crippen MR) is 95.2 cm³/mol. The molecular weight excluding hydrogens is 417 g/mol. The van der Waals surface area contributed by atoms with Gasteiger partial charge in [0, 0.05) is 23.0 Å². The van der Waals surface area contributed by atoms with E-state index in [2.05, 4.69) is 64.4 Å². The van der Waals surface area contributed by atoms with Crippen molar-refractivity contribution >= 4 is 45.9 Å². The van der Waals surface area contributed by atoms with Gasteiger partial charge in [0.2, 0.25) is 0 Å². The Labute approximate surface area is 140 Å². The van der Waals surface area contributed by atoms with E-state index in [-0.39, 0.29) is 24.0 Å². The van der Waals surface area contributed by atoms with Crippen molar-refractivity contribution in [1.82, 2.24) is 5.32 Å². The van der Waals surface area contributed by atoms with Crippen LogP contribution in [0.4, 0.5) is 0 Å². The second-order valence-electron chi connectivity index (χ2n) is 5.26. The van der Waals surface area contributed by atoms with E-state index in [1.165, 1.54) is 5.56 Å². The highest BCUT2D eigenvalue weighted by molar-refractivity contribution is 14.0. The van der Waals surface area contributed by atoms with E-state index in [9.17, 15) is 0 Å². The monoisotopic (exact) mass is 437 g/mol. The maximum atomic E-state index is 5.86. The number of hydrogen-bond donors (Lipinski definition) is 2. The van der Waals surface area contributed by atoms with Crippen LogP contribution in [-0.2, 0) is 0 Å². The number of nitrogens with one attached hydrogen (secondary N) is 1. The van der Waals surface area contributed by atoms with Gasteiger partial charge in [0.15, 0.2) is 5.96 Å². The SMILES string of the molecule is CC(C)CN=C(N)NC1CC1c1ccc(Br)cc1.I. The number of aliphatic imine (C=N–C) groups is 1. The van der Waals surface area contributed by atoms with Gasteiger partial charge in [-0.3, -0.25) is 4.99 Å². The van der Waals surface area contributed by atoms with E-state index in [1.807, 2.05) is 0 Å². The number of nitrogens with zero attached hydrogens (tertiary/aromatic N) is 1. The van der Waals surface area contributed by atoms with Crippen LogP contribution in [0.25, 0.3) is 0 Å². The summed E-state index contributed by atoms with van der Waals surface area (Å²) in [7, 11) is 0. The van der Waals surface area contributed by atoms with Crippen molar-refractivity contribution in [3.8, 4) is 0 Å².